The van der Waals surface area contributed by atoms with Crippen LogP contribution in [-0.4, -0.2) is 18.1 Å². The Balaban J connectivity index is 2.65. The Kier molecular flexibility index (Phi) is 2.19. The third kappa shape index (κ3) is 1.58. The molecule has 0 aliphatic heterocycles. The summed E-state index contributed by atoms with van der Waals surface area (Å²) in [5, 5.41) is 0.830. The fraction of sp³-hybridized carbons (Fsp3) is 0.182. The van der Waals surface area contributed by atoms with Crippen LogP contribution in [0.1, 0.15) is 16.1 Å². The van der Waals surface area contributed by atoms with E-state index in [4.69, 9.17) is 0 Å². The largest absolute Gasteiger partial charge is 0.464 e. The van der Waals surface area contributed by atoms with Crippen molar-refractivity contribution in [2.24, 2.45) is 0 Å². The highest BCUT2D eigenvalue weighted by atomic mass is 19.1. The highest BCUT2D eigenvalue weighted by Gasteiger charge is 2.11. The number of hydrogen-bond acceptors (Lipinski definition) is 2. The summed E-state index contributed by atoms with van der Waals surface area (Å²) in [5.41, 5.74) is 1.73. The van der Waals surface area contributed by atoms with Gasteiger partial charge in [0.05, 0.1) is 7.11 Å². The lowest BCUT2D eigenvalue weighted by molar-refractivity contribution is 0.0595. The van der Waals surface area contributed by atoms with Gasteiger partial charge in [0.15, 0.2) is 0 Å². The van der Waals surface area contributed by atoms with Gasteiger partial charge in [0.1, 0.15) is 11.5 Å². The standard InChI is InChI=1S/C11H10FNO2/c1-6-3-7(12)4-9-8(6)5-10(13-9)11(14)15-2/h3-5,13H,1-2H3. The highest BCUT2D eigenvalue weighted by molar-refractivity contribution is 5.95. The summed E-state index contributed by atoms with van der Waals surface area (Å²) in [4.78, 5) is 14.0. The maximum absolute atomic E-state index is 13.1. The number of carbonyl (C=O) groups excluding carboxylic acids is 1. The molecule has 0 atom stereocenters. The first-order chi connectivity index (χ1) is 7.11. The normalized spacial score (nSPS) is 10.6. The summed E-state index contributed by atoms with van der Waals surface area (Å²) >= 11 is 0. The van der Waals surface area contributed by atoms with Crippen molar-refractivity contribution in [3.05, 3.63) is 35.3 Å². The molecule has 4 heteroatoms. The van der Waals surface area contributed by atoms with Crippen molar-refractivity contribution < 1.29 is 13.9 Å². The smallest absolute Gasteiger partial charge is 0.354 e. The first-order valence-electron chi connectivity index (χ1n) is 4.49. The highest BCUT2D eigenvalue weighted by Crippen LogP contribution is 2.21. The van der Waals surface area contributed by atoms with Crippen LogP contribution in [0, 0.1) is 12.7 Å². The predicted molar refractivity (Wildman–Crippen MR) is 54.3 cm³/mol. The summed E-state index contributed by atoms with van der Waals surface area (Å²) < 4.78 is 17.6. The third-order valence-electron chi connectivity index (χ3n) is 2.31. The van der Waals surface area contributed by atoms with E-state index in [0.717, 1.165) is 10.9 Å². The van der Waals surface area contributed by atoms with Crippen molar-refractivity contribution in [3.8, 4) is 0 Å². The van der Waals surface area contributed by atoms with Crippen LogP contribution in [0.3, 0.4) is 0 Å². The number of rotatable bonds is 1. The van der Waals surface area contributed by atoms with Crippen LogP contribution in [0.25, 0.3) is 10.9 Å². The van der Waals surface area contributed by atoms with Gasteiger partial charge in [-0.05, 0) is 30.7 Å². The van der Waals surface area contributed by atoms with Gasteiger partial charge < -0.3 is 9.72 Å². The molecule has 78 valence electrons. The second kappa shape index (κ2) is 3.38. The fourth-order valence-corrected chi connectivity index (χ4v) is 1.59. The number of aryl methyl sites for hydroxylation is 1. The maximum atomic E-state index is 13.1. The molecule has 0 fully saturated rings. The van der Waals surface area contributed by atoms with Crippen molar-refractivity contribution in [2.45, 2.75) is 6.92 Å². The van der Waals surface area contributed by atoms with Crippen LogP contribution in [0.2, 0.25) is 0 Å². The van der Waals surface area contributed by atoms with Gasteiger partial charge in [-0.2, -0.15) is 0 Å². The number of hydrogen-bond donors (Lipinski definition) is 1. The Morgan fingerprint density at radius 2 is 2.13 bits per heavy atom. The number of aromatic amines is 1. The molecule has 0 spiro atoms. The predicted octanol–water partition coefficient (Wildman–Crippen LogP) is 2.40. The van der Waals surface area contributed by atoms with Gasteiger partial charge in [-0.3, -0.25) is 0 Å². The first kappa shape index (κ1) is 9.71. The minimum atomic E-state index is -0.453. The Bertz CT molecular complexity index is 531. The van der Waals surface area contributed by atoms with Crippen LogP contribution in [0.5, 0.6) is 0 Å². The number of methoxy groups -OCH3 is 1. The zero-order chi connectivity index (χ0) is 11.0. The van der Waals surface area contributed by atoms with Crippen LogP contribution >= 0.6 is 0 Å². The van der Waals surface area contributed by atoms with Crippen molar-refractivity contribution in [3.63, 3.8) is 0 Å². The second-order valence-corrected chi connectivity index (χ2v) is 3.36. The molecule has 0 saturated heterocycles. The van der Waals surface area contributed by atoms with E-state index in [-0.39, 0.29) is 5.82 Å². The second-order valence-electron chi connectivity index (χ2n) is 3.36. The summed E-state index contributed by atoms with van der Waals surface area (Å²) in [6.45, 7) is 1.79. The molecule has 15 heavy (non-hydrogen) atoms. The van der Waals surface area contributed by atoms with Crippen molar-refractivity contribution in [1.29, 1.82) is 0 Å². The molecular weight excluding hydrogens is 197 g/mol. The van der Waals surface area contributed by atoms with Crippen LogP contribution in [0.15, 0.2) is 18.2 Å². The number of ether oxygens (including phenoxy) is 1. The fourth-order valence-electron chi connectivity index (χ4n) is 1.59. The molecule has 0 amide bonds. The number of halogens is 1. The van der Waals surface area contributed by atoms with Crippen LogP contribution < -0.4 is 0 Å². The molecule has 0 bridgehead atoms. The average Bonchev–Trinajstić information content (AvgIpc) is 2.60. The maximum Gasteiger partial charge on any atom is 0.354 e. The van der Waals surface area contributed by atoms with Gasteiger partial charge in [0.25, 0.3) is 0 Å². The molecule has 3 nitrogen and oxygen atoms in total. The number of carbonyl (C=O) groups is 1. The lowest BCUT2D eigenvalue weighted by Crippen LogP contribution is -2.00. The monoisotopic (exact) mass is 207 g/mol. The summed E-state index contributed by atoms with van der Waals surface area (Å²) in [7, 11) is 1.31. The molecule has 2 rings (SSSR count). The molecular formula is C11H10FNO2. The van der Waals surface area contributed by atoms with Gasteiger partial charge in [-0.1, -0.05) is 0 Å². The van der Waals surface area contributed by atoms with E-state index < -0.39 is 5.97 Å². The number of nitrogens with one attached hydrogen (secondary N) is 1. The SMILES string of the molecule is COC(=O)c1cc2c(C)cc(F)cc2[nH]1. The van der Waals surface area contributed by atoms with E-state index >= 15 is 0 Å². The van der Waals surface area contributed by atoms with Gasteiger partial charge in [-0.15, -0.1) is 0 Å². The zero-order valence-corrected chi connectivity index (χ0v) is 8.43. The summed E-state index contributed by atoms with van der Waals surface area (Å²) in [6.07, 6.45) is 0. The van der Waals surface area contributed by atoms with E-state index in [0.29, 0.717) is 11.2 Å². The lowest BCUT2D eigenvalue weighted by Gasteiger charge is -1.95. The molecule has 0 saturated carbocycles. The Hall–Kier alpha value is -1.84. The summed E-state index contributed by atoms with van der Waals surface area (Å²) in [6, 6.07) is 4.45. The van der Waals surface area contributed by atoms with Crippen molar-refractivity contribution in [2.75, 3.05) is 7.11 Å². The van der Waals surface area contributed by atoms with Crippen LogP contribution in [0.4, 0.5) is 4.39 Å². The first-order valence-corrected chi connectivity index (χ1v) is 4.49. The van der Waals surface area contributed by atoms with E-state index in [1.165, 1.54) is 19.2 Å². The quantitative estimate of drug-likeness (QED) is 0.729. The minimum Gasteiger partial charge on any atom is -0.464 e. The van der Waals surface area contributed by atoms with E-state index in [2.05, 4.69) is 9.72 Å². The molecule has 0 aliphatic carbocycles. The topological polar surface area (TPSA) is 42.1 Å². The molecule has 2 aromatic rings. The van der Waals surface area contributed by atoms with Gasteiger partial charge in [-0.25, -0.2) is 9.18 Å². The third-order valence-corrected chi connectivity index (χ3v) is 2.31. The number of fused-ring (bicyclic) bond motifs is 1. The summed E-state index contributed by atoms with van der Waals surface area (Å²) in [5.74, 6) is -0.774. The molecule has 0 aliphatic rings. The number of benzene rings is 1. The molecule has 1 heterocycles. The van der Waals surface area contributed by atoms with Crippen LogP contribution in [-0.2, 0) is 4.74 Å². The number of H-pyrrole nitrogens is 1. The number of aromatic nitrogens is 1. The Morgan fingerprint density at radius 3 is 2.80 bits per heavy atom. The van der Waals surface area contributed by atoms with E-state index in [1.54, 1.807) is 13.0 Å². The molecule has 1 aromatic heterocycles. The zero-order valence-electron chi connectivity index (χ0n) is 8.43. The molecule has 0 radical (unpaired) electrons. The van der Waals surface area contributed by atoms with E-state index in [1.807, 2.05) is 0 Å². The van der Waals surface area contributed by atoms with Crippen molar-refractivity contribution >= 4 is 16.9 Å². The lowest BCUT2D eigenvalue weighted by atomic mass is 10.1. The van der Waals surface area contributed by atoms with Gasteiger partial charge in [0, 0.05) is 10.9 Å². The molecule has 0 unspecified atom stereocenters. The molecule has 1 aromatic carbocycles. The van der Waals surface area contributed by atoms with Gasteiger partial charge in [0.2, 0.25) is 0 Å². The Labute approximate surface area is 85.9 Å². The number of esters is 1. The van der Waals surface area contributed by atoms with Crippen molar-refractivity contribution in [1.82, 2.24) is 4.98 Å². The minimum absolute atomic E-state index is 0.321. The Morgan fingerprint density at radius 1 is 1.40 bits per heavy atom. The average molecular weight is 207 g/mol. The molecule has 1 N–H and O–H groups in total. The van der Waals surface area contributed by atoms with Gasteiger partial charge >= 0.3 is 5.97 Å². The van der Waals surface area contributed by atoms with E-state index in [9.17, 15) is 9.18 Å².